The number of hydrogen-bond acceptors (Lipinski definition) is 5. The quantitative estimate of drug-likeness (QED) is 0.709. The molecule has 134 valence electrons. The molecule has 26 heavy (non-hydrogen) atoms. The maximum Gasteiger partial charge on any atom is 0.252 e. The summed E-state index contributed by atoms with van der Waals surface area (Å²) in [6, 6.07) is 8.47. The van der Waals surface area contributed by atoms with Gasteiger partial charge in [-0.05, 0) is 43.2 Å². The monoisotopic (exact) mass is 370 g/mol. The number of nitrogens with one attached hydrogen (secondary N) is 1. The number of pyridine rings is 1. The summed E-state index contributed by atoms with van der Waals surface area (Å²) in [6.45, 7) is 0. The topological polar surface area (TPSA) is 99.9 Å². The van der Waals surface area contributed by atoms with Crippen LogP contribution in [0.25, 0.3) is 22.3 Å². The Hall–Kier alpha value is -2.58. The molecule has 0 aliphatic heterocycles. The third-order valence-corrected chi connectivity index (χ3v) is 5.57. The minimum Gasteiger partial charge on any atom is -0.610 e. The Morgan fingerprint density at radius 3 is 2.62 bits per heavy atom. The highest BCUT2D eigenvalue weighted by molar-refractivity contribution is 7.97. The molecule has 0 spiro atoms. The van der Waals surface area contributed by atoms with Crippen molar-refractivity contribution in [2.45, 2.75) is 23.8 Å². The molecule has 1 saturated carbocycles. The van der Waals surface area contributed by atoms with E-state index in [0.717, 1.165) is 18.4 Å². The van der Waals surface area contributed by atoms with Crippen molar-refractivity contribution in [3.8, 4) is 11.3 Å². The average molecular weight is 370 g/mol. The second-order valence-corrected chi connectivity index (χ2v) is 8.62. The van der Waals surface area contributed by atoms with Crippen molar-refractivity contribution in [2.24, 2.45) is 7.05 Å². The normalized spacial score (nSPS) is 16.4. The number of benzene rings is 1. The van der Waals surface area contributed by atoms with Gasteiger partial charge in [0, 0.05) is 18.7 Å². The summed E-state index contributed by atoms with van der Waals surface area (Å²) in [7, 11) is -1.49. The molecule has 0 radical (unpaired) electrons. The Kier molecular flexibility index (Phi) is 3.89. The minimum atomic E-state index is -3.26. The Morgan fingerprint density at radius 2 is 2.00 bits per heavy atom. The lowest BCUT2D eigenvalue weighted by molar-refractivity contribution is 0.0952. The number of hydrogen-bond donors (Lipinski definition) is 1. The van der Waals surface area contributed by atoms with E-state index >= 15 is 0 Å². The molecule has 1 atom stereocenters. The molecule has 1 N–H and O–H groups in total. The zero-order chi connectivity index (χ0) is 18.5. The van der Waals surface area contributed by atoms with Crippen LogP contribution in [-0.4, -0.2) is 37.5 Å². The molecule has 0 saturated heterocycles. The van der Waals surface area contributed by atoms with Crippen LogP contribution >= 0.6 is 0 Å². The summed E-state index contributed by atoms with van der Waals surface area (Å²) in [6.07, 6.45) is 4.82. The number of nitrogens with zero attached hydrogens (tertiary/aromatic N) is 3. The molecular formula is C18H18N4O3S. The fourth-order valence-corrected chi connectivity index (χ4v) is 3.44. The summed E-state index contributed by atoms with van der Waals surface area (Å²) < 4.78 is 24.9. The van der Waals surface area contributed by atoms with Gasteiger partial charge in [0.25, 0.3) is 5.91 Å². The third kappa shape index (κ3) is 3.13. The first-order valence-corrected chi connectivity index (χ1v) is 10.2. The van der Waals surface area contributed by atoms with E-state index in [1.54, 1.807) is 48.3 Å². The Morgan fingerprint density at radius 1 is 1.31 bits per heavy atom. The molecule has 1 fully saturated rings. The largest absolute Gasteiger partial charge is 0.610 e. The van der Waals surface area contributed by atoms with Gasteiger partial charge in [-0.15, -0.1) is 4.21 Å². The highest BCUT2D eigenvalue weighted by atomic mass is 32.3. The van der Waals surface area contributed by atoms with Gasteiger partial charge >= 0.3 is 0 Å². The van der Waals surface area contributed by atoms with Gasteiger partial charge in [-0.1, -0.05) is 0 Å². The number of amides is 1. The number of rotatable bonds is 4. The van der Waals surface area contributed by atoms with E-state index in [2.05, 4.69) is 15.4 Å². The maximum atomic E-state index is 12.6. The Bertz CT molecular complexity index is 1050. The van der Waals surface area contributed by atoms with Gasteiger partial charge in [0.15, 0.2) is 10.5 Å². The van der Waals surface area contributed by atoms with E-state index in [-0.39, 0.29) is 16.8 Å². The number of carbonyl (C=O) groups excluding carboxylic acids is 1. The second-order valence-electron chi connectivity index (χ2n) is 6.60. The van der Waals surface area contributed by atoms with Crippen LogP contribution in [0, 0.1) is 0 Å². The standard InChI is InChI=1S/C18H18N4O3S/c1-22-17-15(10-19-22)14(18(23)20-12-5-6-12)9-16(21-17)11-3-7-13(8-4-11)26(2,24)25/h3-4,7-10,12H,5-6H2,1-2H3,(H-,20,23,24,25). The molecule has 1 unspecified atom stereocenters. The number of sulfone groups is 1. The SMILES string of the molecule is Cn1ncc2c(C(=O)NC3CC3)cc(-c3ccc([S+](C)(=O)[O-])cc3)nc21. The lowest BCUT2D eigenvalue weighted by Gasteiger charge is -2.10. The van der Waals surface area contributed by atoms with Crippen LogP contribution in [0.4, 0.5) is 0 Å². The van der Waals surface area contributed by atoms with Gasteiger partial charge in [-0.25, -0.2) is 4.98 Å². The third-order valence-electron chi connectivity index (χ3n) is 4.44. The van der Waals surface area contributed by atoms with Crippen molar-refractivity contribution in [1.29, 1.82) is 0 Å². The second kappa shape index (κ2) is 6.00. The van der Waals surface area contributed by atoms with Gasteiger partial charge in [0.05, 0.1) is 33.1 Å². The summed E-state index contributed by atoms with van der Waals surface area (Å²) >= 11 is 0. The van der Waals surface area contributed by atoms with Crippen LogP contribution in [0.15, 0.2) is 41.4 Å². The number of carbonyl (C=O) groups is 1. The van der Waals surface area contributed by atoms with Gasteiger partial charge < -0.3 is 9.87 Å². The Balaban J connectivity index is 1.80. The van der Waals surface area contributed by atoms with Crippen LogP contribution in [0.3, 0.4) is 0 Å². The van der Waals surface area contributed by atoms with E-state index in [4.69, 9.17) is 0 Å². The Labute approximate surface area is 151 Å². The van der Waals surface area contributed by atoms with Crippen molar-refractivity contribution in [2.75, 3.05) is 6.26 Å². The van der Waals surface area contributed by atoms with Crippen molar-refractivity contribution in [3.63, 3.8) is 0 Å². The van der Waals surface area contributed by atoms with Crippen LogP contribution < -0.4 is 5.32 Å². The molecule has 1 aliphatic rings. The first kappa shape index (κ1) is 16.9. The summed E-state index contributed by atoms with van der Waals surface area (Å²) in [5, 5.41) is 7.90. The molecule has 1 amide bonds. The van der Waals surface area contributed by atoms with E-state index in [0.29, 0.717) is 22.3 Å². The van der Waals surface area contributed by atoms with Crippen molar-refractivity contribution >= 4 is 27.2 Å². The molecule has 1 aliphatic carbocycles. The first-order chi connectivity index (χ1) is 12.3. The van der Waals surface area contributed by atoms with E-state index in [1.807, 2.05) is 0 Å². The highest BCUT2D eigenvalue weighted by Gasteiger charge is 2.25. The summed E-state index contributed by atoms with van der Waals surface area (Å²) in [4.78, 5) is 17.5. The average Bonchev–Trinajstić information content (AvgIpc) is 3.34. The van der Waals surface area contributed by atoms with E-state index < -0.39 is 10.2 Å². The lowest BCUT2D eigenvalue weighted by atomic mass is 10.1. The van der Waals surface area contributed by atoms with Gasteiger partial charge in [0.2, 0.25) is 0 Å². The molecule has 0 bridgehead atoms. The smallest absolute Gasteiger partial charge is 0.252 e. The van der Waals surface area contributed by atoms with Gasteiger partial charge in [0.1, 0.15) is 6.26 Å². The summed E-state index contributed by atoms with van der Waals surface area (Å²) in [5.41, 5.74) is 2.47. The zero-order valence-electron chi connectivity index (χ0n) is 14.4. The first-order valence-electron chi connectivity index (χ1n) is 8.27. The molecule has 3 aromatic rings. The molecule has 2 aromatic heterocycles. The van der Waals surface area contributed by atoms with Crippen LogP contribution in [-0.2, 0) is 21.5 Å². The fourth-order valence-electron chi connectivity index (χ4n) is 2.81. The fraction of sp³-hybridized carbons (Fsp3) is 0.278. The van der Waals surface area contributed by atoms with Crippen molar-refractivity contribution in [3.05, 3.63) is 42.1 Å². The molecular weight excluding hydrogens is 352 g/mol. The van der Waals surface area contributed by atoms with E-state index in [9.17, 15) is 13.6 Å². The van der Waals surface area contributed by atoms with Gasteiger partial charge in [-0.2, -0.15) is 5.10 Å². The van der Waals surface area contributed by atoms with Crippen molar-refractivity contribution < 1.29 is 13.6 Å². The highest BCUT2D eigenvalue weighted by Crippen LogP contribution is 2.27. The maximum absolute atomic E-state index is 12.6. The predicted octanol–water partition coefficient (Wildman–Crippen LogP) is 2.15. The van der Waals surface area contributed by atoms with Crippen LogP contribution in [0.1, 0.15) is 23.2 Å². The van der Waals surface area contributed by atoms with Gasteiger partial charge in [-0.3, -0.25) is 9.48 Å². The van der Waals surface area contributed by atoms with Crippen LogP contribution in [0.2, 0.25) is 0 Å². The number of fused-ring (bicyclic) bond motifs is 1. The molecule has 7 nitrogen and oxygen atoms in total. The zero-order valence-corrected chi connectivity index (χ0v) is 15.2. The summed E-state index contributed by atoms with van der Waals surface area (Å²) in [5.74, 6) is -0.137. The molecule has 8 heteroatoms. The predicted molar refractivity (Wildman–Crippen MR) is 97.5 cm³/mol. The molecule has 1 aromatic carbocycles. The minimum absolute atomic E-state index is 0.137. The number of aryl methyl sites for hydroxylation is 1. The lowest BCUT2D eigenvalue weighted by Crippen LogP contribution is -2.25. The number of aromatic nitrogens is 3. The van der Waals surface area contributed by atoms with Crippen molar-refractivity contribution in [1.82, 2.24) is 20.1 Å². The molecule has 2 heterocycles. The van der Waals surface area contributed by atoms with E-state index in [1.165, 1.54) is 6.26 Å². The molecule has 4 rings (SSSR count). The van der Waals surface area contributed by atoms with Crippen LogP contribution in [0.5, 0.6) is 0 Å².